The summed E-state index contributed by atoms with van der Waals surface area (Å²) in [5.74, 6) is 1.26. The standard InChI is InChI=1S/C27H44N2O7S/c30-22(13-12-21-8-4-3-5-9-21)14-15-24-23(25(31)20-26(24)32)10-6-1-2-7-11-27(33)28-16-18-37-19-17-36-29(34)35/h1,3-6,8-9,22-26,30-32,34-35H,2,7,10-20H2,(H,28,33)/b6-1-/t22-,23+,24+,25-,26+/m0/s1. The Labute approximate surface area is 224 Å². The third kappa shape index (κ3) is 13.7. The third-order valence-electron chi connectivity index (χ3n) is 6.82. The molecule has 10 heteroatoms. The number of carbonyl (C=O) groups is 1. The molecule has 2 rings (SSSR count). The van der Waals surface area contributed by atoms with Crippen molar-refractivity contribution < 1.29 is 35.4 Å². The predicted molar refractivity (Wildman–Crippen MR) is 143 cm³/mol. The van der Waals surface area contributed by atoms with E-state index in [0.717, 1.165) is 19.3 Å². The first-order valence-electron chi connectivity index (χ1n) is 13.2. The van der Waals surface area contributed by atoms with Crippen molar-refractivity contribution in [1.82, 2.24) is 10.7 Å². The first-order valence-corrected chi connectivity index (χ1v) is 14.4. The zero-order valence-electron chi connectivity index (χ0n) is 21.5. The fraction of sp³-hybridized carbons (Fsp3) is 0.667. The molecule has 5 atom stereocenters. The number of hydrogen-bond acceptors (Lipinski definition) is 9. The van der Waals surface area contributed by atoms with Gasteiger partial charge in [-0.15, -0.1) is 0 Å². The third-order valence-corrected chi connectivity index (χ3v) is 7.76. The minimum atomic E-state index is -0.539. The van der Waals surface area contributed by atoms with E-state index >= 15 is 0 Å². The van der Waals surface area contributed by atoms with Gasteiger partial charge in [0.05, 0.1) is 30.3 Å². The number of thioether (sulfide) groups is 1. The second-order valence-electron chi connectivity index (χ2n) is 9.60. The largest absolute Gasteiger partial charge is 0.393 e. The maximum Gasteiger partial charge on any atom is 0.220 e. The monoisotopic (exact) mass is 540 g/mol. The van der Waals surface area contributed by atoms with E-state index in [-0.39, 0.29) is 29.7 Å². The van der Waals surface area contributed by atoms with Crippen LogP contribution in [0, 0.1) is 11.8 Å². The summed E-state index contributed by atoms with van der Waals surface area (Å²) in [5, 5.41) is 50.7. The summed E-state index contributed by atoms with van der Waals surface area (Å²) in [7, 11) is 0. The predicted octanol–water partition coefficient (Wildman–Crippen LogP) is 3.10. The van der Waals surface area contributed by atoms with Crippen LogP contribution in [0.1, 0.15) is 56.9 Å². The van der Waals surface area contributed by atoms with Crippen molar-refractivity contribution in [2.24, 2.45) is 11.8 Å². The van der Waals surface area contributed by atoms with Gasteiger partial charge in [-0.25, -0.2) is 4.84 Å². The summed E-state index contributed by atoms with van der Waals surface area (Å²) in [6.07, 6.45) is 8.43. The highest BCUT2D eigenvalue weighted by Gasteiger charge is 2.40. The van der Waals surface area contributed by atoms with Crippen molar-refractivity contribution in [3.05, 3.63) is 48.0 Å². The van der Waals surface area contributed by atoms with Crippen molar-refractivity contribution in [3.8, 4) is 0 Å². The molecule has 1 aliphatic carbocycles. The molecular formula is C27H44N2O7S. The molecule has 0 radical (unpaired) electrons. The van der Waals surface area contributed by atoms with E-state index in [0.29, 0.717) is 56.6 Å². The lowest BCUT2D eigenvalue weighted by Crippen LogP contribution is -2.25. The Kier molecular flexibility index (Phi) is 16.0. The van der Waals surface area contributed by atoms with Gasteiger partial charge in [-0.1, -0.05) is 42.5 Å². The number of amides is 1. The second-order valence-corrected chi connectivity index (χ2v) is 10.8. The Morgan fingerprint density at radius 2 is 1.86 bits per heavy atom. The Balaban J connectivity index is 1.57. The van der Waals surface area contributed by atoms with Crippen molar-refractivity contribution >= 4 is 17.7 Å². The number of nitrogens with zero attached hydrogens (tertiary/aromatic N) is 1. The summed E-state index contributed by atoms with van der Waals surface area (Å²) < 4.78 is 0. The normalized spacial score (nSPS) is 22.6. The molecule has 1 saturated carbocycles. The molecule has 0 spiro atoms. The lowest BCUT2D eigenvalue weighted by Gasteiger charge is -2.23. The highest BCUT2D eigenvalue weighted by molar-refractivity contribution is 7.99. The minimum absolute atomic E-state index is 0.00219. The molecule has 210 valence electrons. The average molecular weight is 541 g/mol. The van der Waals surface area contributed by atoms with Crippen LogP contribution in [-0.4, -0.2) is 80.0 Å². The number of nitrogens with one attached hydrogen (secondary N) is 1. The molecule has 0 heterocycles. The fourth-order valence-electron chi connectivity index (χ4n) is 4.80. The molecule has 1 aliphatic rings. The summed E-state index contributed by atoms with van der Waals surface area (Å²) in [4.78, 5) is 16.4. The maximum atomic E-state index is 11.9. The van der Waals surface area contributed by atoms with Crippen molar-refractivity contribution in [2.45, 2.75) is 76.1 Å². The molecule has 1 aromatic carbocycles. The van der Waals surface area contributed by atoms with E-state index in [2.05, 4.69) is 22.3 Å². The SMILES string of the molecule is O=C(CCC/C=C\C[C@@H]1[C@@H](CC[C@@H](O)CCc2ccccc2)[C@H](O)C[C@@H]1O)NCCSCCON(O)O. The number of benzene rings is 1. The Hall–Kier alpha value is -1.50. The molecule has 37 heavy (non-hydrogen) atoms. The van der Waals surface area contributed by atoms with Gasteiger partial charge in [-0.05, 0) is 68.8 Å². The number of aliphatic hydroxyl groups is 3. The van der Waals surface area contributed by atoms with Gasteiger partial charge < -0.3 is 20.6 Å². The molecule has 0 aromatic heterocycles. The number of allylic oxidation sites excluding steroid dienone is 2. The highest BCUT2D eigenvalue weighted by Crippen LogP contribution is 2.38. The van der Waals surface area contributed by atoms with Crippen molar-refractivity contribution in [2.75, 3.05) is 24.7 Å². The van der Waals surface area contributed by atoms with Crippen LogP contribution in [0.2, 0.25) is 0 Å². The fourth-order valence-corrected chi connectivity index (χ4v) is 5.44. The summed E-state index contributed by atoms with van der Waals surface area (Å²) in [6, 6.07) is 10.1. The Bertz CT molecular complexity index is 768. The van der Waals surface area contributed by atoms with E-state index in [1.54, 1.807) is 0 Å². The van der Waals surface area contributed by atoms with Crippen LogP contribution in [-0.2, 0) is 16.1 Å². The van der Waals surface area contributed by atoms with E-state index in [1.807, 2.05) is 30.4 Å². The first-order chi connectivity index (χ1) is 17.9. The van der Waals surface area contributed by atoms with Crippen LogP contribution in [0.4, 0.5) is 0 Å². The number of aryl methyl sites for hydroxylation is 1. The number of rotatable bonds is 19. The van der Waals surface area contributed by atoms with Crippen molar-refractivity contribution in [3.63, 3.8) is 0 Å². The smallest absolute Gasteiger partial charge is 0.220 e. The Morgan fingerprint density at radius 1 is 1.11 bits per heavy atom. The maximum absolute atomic E-state index is 11.9. The van der Waals surface area contributed by atoms with Gasteiger partial charge in [0.1, 0.15) is 0 Å². The summed E-state index contributed by atoms with van der Waals surface area (Å²) >= 11 is 1.54. The molecule has 0 aliphatic heterocycles. The van der Waals surface area contributed by atoms with Crippen LogP contribution in [0.3, 0.4) is 0 Å². The summed E-state index contributed by atoms with van der Waals surface area (Å²) in [5.41, 5.74) is 1.21. The van der Waals surface area contributed by atoms with Gasteiger partial charge in [-0.2, -0.15) is 11.8 Å². The summed E-state index contributed by atoms with van der Waals surface area (Å²) in [6.45, 7) is 0.720. The second kappa shape index (κ2) is 18.7. The Morgan fingerprint density at radius 3 is 2.62 bits per heavy atom. The number of carbonyl (C=O) groups excluding carboxylic acids is 1. The van der Waals surface area contributed by atoms with E-state index in [9.17, 15) is 20.1 Å². The zero-order valence-corrected chi connectivity index (χ0v) is 22.3. The van der Waals surface area contributed by atoms with Crippen LogP contribution in [0.25, 0.3) is 0 Å². The topological polar surface area (TPSA) is 143 Å². The zero-order chi connectivity index (χ0) is 26.9. The molecular weight excluding hydrogens is 496 g/mol. The van der Waals surface area contributed by atoms with Gasteiger partial charge in [-0.3, -0.25) is 15.2 Å². The van der Waals surface area contributed by atoms with E-state index in [1.165, 1.54) is 17.3 Å². The van der Waals surface area contributed by atoms with Crippen LogP contribution < -0.4 is 5.32 Å². The van der Waals surface area contributed by atoms with Crippen LogP contribution >= 0.6 is 11.8 Å². The van der Waals surface area contributed by atoms with Crippen LogP contribution in [0.5, 0.6) is 0 Å². The minimum Gasteiger partial charge on any atom is -0.393 e. The van der Waals surface area contributed by atoms with Crippen molar-refractivity contribution in [1.29, 1.82) is 0 Å². The van der Waals surface area contributed by atoms with Gasteiger partial charge >= 0.3 is 0 Å². The molecule has 9 nitrogen and oxygen atoms in total. The molecule has 6 N–H and O–H groups in total. The average Bonchev–Trinajstić information content (AvgIpc) is 3.15. The highest BCUT2D eigenvalue weighted by atomic mass is 32.2. The van der Waals surface area contributed by atoms with Gasteiger partial charge in [0, 0.05) is 24.5 Å². The number of aliphatic hydroxyl groups excluding tert-OH is 3. The van der Waals surface area contributed by atoms with Gasteiger partial charge in [0.25, 0.3) is 0 Å². The molecule has 0 bridgehead atoms. The molecule has 1 amide bonds. The van der Waals surface area contributed by atoms with Gasteiger partial charge in [0.15, 0.2) is 0 Å². The number of hydrogen-bond donors (Lipinski definition) is 6. The van der Waals surface area contributed by atoms with Gasteiger partial charge in [0.2, 0.25) is 5.91 Å². The lowest BCUT2D eigenvalue weighted by atomic mass is 9.85. The van der Waals surface area contributed by atoms with Crippen LogP contribution in [0.15, 0.2) is 42.5 Å². The van der Waals surface area contributed by atoms with E-state index < -0.39 is 18.3 Å². The first kappa shape index (κ1) is 31.7. The molecule has 1 fully saturated rings. The number of unbranched alkanes of at least 4 members (excludes halogenated alkanes) is 1. The quantitative estimate of drug-likeness (QED) is 0.0886. The lowest BCUT2D eigenvalue weighted by molar-refractivity contribution is -0.490. The molecule has 0 saturated heterocycles. The molecule has 0 unspecified atom stereocenters. The molecule has 1 aromatic rings. The van der Waals surface area contributed by atoms with E-state index in [4.69, 9.17) is 10.4 Å².